The third-order valence-corrected chi connectivity index (χ3v) is 4.31. The van der Waals surface area contributed by atoms with E-state index in [-0.39, 0.29) is 18.5 Å². The number of ether oxygens (including phenoxy) is 1. The molecule has 0 saturated carbocycles. The first kappa shape index (κ1) is 22.9. The molecule has 0 aliphatic carbocycles. The molecule has 0 rings (SSSR count). The Morgan fingerprint density at radius 1 is 0.750 bits per heavy atom. The van der Waals surface area contributed by atoms with Gasteiger partial charge in [0.2, 0.25) is 0 Å². The highest BCUT2D eigenvalue weighted by Crippen LogP contribution is 2.15. The molecule has 4 heteroatoms. The third-order valence-electron chi connectivity index (χ3n) is 4.31. The van der Waals surface area contributed by atoms with Crippen molar-refractivity contribution in [2.75, 3.05) is 0 Å². The molecule has 0 aromatic carbocycles. The number of carboxylic acid groups (broad SMARTS) is 1. The fraction of sp³-hybridized carbons (Fsp3) is 0.900. The van der Waals surface area contributed by atoms with Crippen molar-refractivity contribution in [1.82, 2.24) is 0 Å². The second kappa shape index (κ2) is 16.8. The zero-order chi connectivity index (χ0) is 18.0. The number of esters is 1. The molecule has 0 radical (unpaired) electrons. The number of rotatable bonds is 17. The van der Waals surface area contributed by atoms with E-state index in [1.54, 1.807) is 0 Å². The number of carbonyl (C=O) groups is 2. The Kier molecular flexibility index (Phi) is 16.0. The molecule has 142 valence electrons. The van der Waals surface area contributed by atoms with Crippen LogP contribution < -0.4 is 0 Å². The van der Waals surface area contributed by atoms with Gasteiger partial charge in [-0.1, -0.05) is 65.2 Å². The first-order chi connectivity index (χ1) is 11.6. The van der Waals surface area contributed by atoms with E-state index in [9.17, 15) is 9.59 Å². The van der Waals surface area contributed by atoms with Crippen LogP contribution in [0.2, 0.25) is 0 Å². The zero-order valence-corrected chi connectivity index (χ0v) is 15.9. The number of hydrogen-bond donors (Lipinski definition) is 1. The van der Waals surface area contributed by atoms with Gasteiger partial charge in [0.25, 0.3) is 0 Å². The third kappa shape index (κ3) is 15.8. The summed E-state index contributed by atoms with van der Waals surface area (Å²) in [7, 11) is 0. The summed E-state index contributed by atoms with van der Waals surface area (Å²) >= 11 is 0. The van der Waals surface area contributed by atoms with Gasteiger partial charge in [-0.25, -0.2) is 0 Å². The van der Waals surface area contributed by atoms with Crippen LogP contribution in [-0.2, 0) is 14.3 Å². The summed E-state index contributed by atoms with van der Waals surface area (Å²) in [6, 6.07) is 0. The van der Waals surface area contributed by atoms with Crippen LogP contribution in [0.3, 0.4) is 0 Å². The molecule has 0 saturated heterocycles. The fourth-order valence-corrected chi connectivity index (χ4v) is 2.88. The minimum Gasteiger partial charge on any atom is -0.481 e. The minimum absolute atomic E-state index is 0.0110. The summed E-state index contributed by atoms with van der Waals surface area (Å²) < 4.78 is 5.61. The van der Waals surface area contributed by atoms with Crippen LogP contribution in [0, 0.1) is 0 Å². The molecule has 0 spiro atoms. The second-order valence-corrected chi connectivity index (χ2v) is 6.76. The van der Waals surface area contributed by atoms with Gasteiger partial charge in [0.1, 0.15) is 6.10 Å². The predicted molar refractivity (Wildman–Crippen MR) is 98.1 cm³/mol. The summed E-state index contributed by atoms with van der Waals surface area (Å²) in [5, 5.41) is 8.62. The lowest BCUT2D eigenvalue weighted by Crippen LogP contribution is -2.18. The molecule has 0 aromatic rings. The normalized spacial score (nSPS) is 12.1. The molecule has 1 N–H and O–H groups in total. The van der Waals surface area contributed by atoms with Crippen molar-refractivity contribution in [3.8, 4) is 0 Å². The molecule has 0 heterocycles. The molecule has 0 aliphatic heterocycles. The van der Waals surface area contributed by atoms with E-state index >= 15 is 0 Å². The SMILES string of the molecule is CCCCCCCCCC(=O)OC(CCC)CCCCCC(=O)O. The summed E-state index contributed by atoms with van der Waals surface area (Å²) in [6.45, 7) is 4.32. The van der Waals surface area contributed by atoms with Crippen molar-refractivity contribution in [2.45, 2.75) is 116 Å². The summed E-state index contributed by atoms with van der Waals surface area (Å²) in [5.41, 5.74) is 0. The highest BCUT2D eigenvalue weighted by atomic mass is 16.5. The molecule has 0 aliphatic rings. The molecule has 0 amide bonds. The van der Waals surface area contributed by atoms with Crippen molar-refractivity contribution in [3.05, 3.63) is 0 Å². The van der Waals surface area contributed by atoms with Gasteiger partial charge in [0, 0.05) is 12.8 Å². The zero-order valence-electron chi connectivity index (χ0n) is 15.9. The molecule has 0 bridgehead atoms. The van der Waals surface area contributed by atoms with E-state index in [4.69, 9.17) is 9.84 Å². The van der Waals surface area contributed by atoms with Gasteiger partial charge in [-0.15, -0.1) is 0 Å². The van der Waals surface area contributed by atoms with Gasteiger partial charge < -0.3 is 9.84 Å². The molecule has 4 nitrogen and oxygen atoms in total. The van der Waals surface area contributed by atoms with E-state index in [0.29, 0.717) is 12.8 Å². The summed E-state index contributed by atoms with van der Waals surface area (Å²) in [4.78, 5) is 22.4. The largest absolute Gasteiger partial charge is 0.481 e. The van der Waals surface area contributed by atoms with Crippen LogP contribution >= 0.6 is 0 Å². The Balaban J connectivity index is 3.72. The van der Waals surface area contributed by atoms with E-state index in [1.807, 2.05) is 0 Å². The van der Waals surface area contributed by atoms with Gasteiger partial charge in [0.05, 0.1) is 0 Å². The van der Waals surface area contributed by atoms with Gasteiger partial charge in [-0.2, -0.15) is 0 Å². The lowest BCUT2D eigenvalue weighted by atomic mass is 10.1. The maximum absolute atomic E-state index is 11.9. The molecule has 1 atom stereocenters. The first-order valence-electron chi connectivity index (χ1n) is 10.0. The van der Waals surface area contributed by atoms with E-state index < -0.39 is 5.97 Å². The molecule has 0 aromatic heterocycles. The Bertz CT molecular complexity index is 315. The number of hydrogen-bond acceptors (Lipinski definition) is 3. The molecule has 1 unspecified atom stereocenters. The van der Waals surface area contributed by atoms with Crippen LogP contribution in [0.25, 0.3) is 0 Å². The number of carbonyl (C=O) groups excluding carboxylic acids is 1. The van der Waals surface area contributed by atoms with Crippen LogP contribution in [0.4, 0.5) is 0 Å². The topological polar surface area (TPSA) is 63.6 Å². The second-order valence-electron chi connectivity index (χ2n) is 6.76. The van der Waals surface area contributed by atoms with Gasteiger partial charge >= 0.3 is 11.9 Å². The van der Waals surface area contributed by atoms with Crippen molar-refractivity contribution in [1.29, 1.82) is 0 Å². The molecule has 0 fully saturated rings. The first-order valence-corrected chi connectivity index (χ1v) is 10.0. The van der Waals surface area contributed by atoms with E-state index in [0.717, 1.165) is 44.9 Å². The van der Waals surface area contributed by atoms with Gasteiger partial charge in [-0.05, 0) is 32.1 Å². The Morgan fingerprint density at radius 2 is 1.33 bits per heavy atom. The maximum atomic E-state index is 11.9. The number of unbranched alkanes of at least 4 members (excludes halogenated alkanes) is 8. The van der Waals surface area contributed by atoms with Crippen molar-refractivity contribution >= 4 is 11.9 Å². The predicted octanol–water partition coefficient (Wildman–Crippen LogP) is 5.87. The van der Waals surface area contributed by atoms with Gasteiger partial charge in [0.15, 0.2) is 0 Å². The van der Waals surface area contributed by atoms with Crippen molar-refractivity contribution < 1.29 is 19.4 Å². The van der Waals surface area contributed by atoms with Crippen LogP contribution in [0.5, 0.6) is 0 Å². The summed E-state index contributed by atoms with van der Waals surface area (Å²) in [6.07, 6.45) is 14.5. The standard InChI is InChI=1S/C20H38O4/c1-3-5-6-7-8-9-13-17-20(23)24-18(14-4-2)15-11-10-12-16-19(21)22/h18H,3-17H2,1-2H3,(H,21,22). The maximum Gasteiger partial charge on any atom is 0.306 e. The van der Waals surface area contributed by atoms with Crippen molar-refractivity contribution in [2.24, 2.45) is 0 Å². The average molecular weight is 343 g/mol. The van der Waals surface area contributed by atoms with Crippen LogP contribution in [-0.4, -0.2) is 23.1 Å². The van der Waals surface area contributed by atoms with E-state index in [1.165, 1.54) is 32.1 Å². The summed E-state index contributed by atoms with van der Waals surface area (Å²) in [5.74, 6) is -0.797. The monoisotopic (exact) mass is 342 g/mol. The Labute approximate surface area is 148 Å². The Hall–Kier alpha value is -1.06. The number of carboxylic acids is 1. The van der Waals surface area contributed by atoms with Crippen molar-refractivity contribution in [3.63, 3.8) is 0 Å². The van der Waals surface area contributed by atoms with Crippen LogP contribution in [0.15, 0.2) is 0 Å². The highest BCUT2D eigenvalue weighted by Gasteiger charge is 2.13. The quantitative estimate of drug-likeness (QED) is 0.265. The molecular formula is C20H38O4. The molecular weight excluding hydrogens is 304 g/mol. The average Bonchev–Trinajstić information content (AvgIpc) is 2.53. The van der Waals surface area contributed by atoms with E-state index in [2.05, 4.69) is 13.8 Å². The lowest BCUT2D eigenvalue weighted by molar-refractivity contribution is -0.150. The smallest absolute Gasteiger partial charge is 0.306 e. The minimum atomic E-state index is -0.735. The Morgan fingerprint density at radius 3 is 1.96 bits per heavy atom. The fourth-order valence-electron chi connectivity index (χ4n) is 2.88. The van der Waals surface area contributed by atoms with Crippen LogP contribution in [0.1, 0.15) is 110 Å². The molecule has 24 heavy (non-hydrogen) atoms. The van der Waals surface area contributed by atoms with Gasteiger partial charge in [-0.3, -0.25) is 9.59 Å². The highest BCUT2D eigenvalue weighted by molar-refractivity contribution is 5.69. The number of aliphatic carboxylic acids is 1. The lowest BCUT2D eigenvalue weighted by Gasteiger charge is -2.17.